The highest BCUT2D eigenvalue weighted by molar-refractivity contribution is 7.99. The van der Waals surface area contributed by atoms with E-state index in [1.165, 1.54) is 11.8 Å². The minimum Gasteiger partial charge on any atom is -0.478 e. The van der Waals surface area contributed by atoms with Gasteiger partial charge in [0, 0.05) is 6.20 Å². The maximum Gasteiger partial charge on any atom is 0.339 e. The van der Waals surface area contributed by atoms with Crippen molar-refractivity contribution in [1.82, 2.24) is 9.97 Å². The Hall–Kier alpha value is -1.24. The van der Waals surface area contributed by atoms with Crippen LogP contribution in [-0.2, 0) is 5.75 Å². The van der Waals surface area contributed by atoms with Crippen molar-refractivity contribution in [2.45, 2.75) is 31.3 Å². The number of thioether (sulfide) groups is 1. The molecule has 0 fully saturated rings. The van der Waals surface area contributed by atoms with Crippen LogP contribution in [0.25, 0.3) is 0 Å². The molecule has 0 aliphatic rings. The molecule has 0 aromatic carbocycles. The van der Waals surface area contributed by atoms with Crippen LogP contribution < -0.4 is 0 Å². The number of aromatic nitrogens is 2. The third kappa shape index (κ3) is 3.92. The first kappa shape index (κ1) is 13.8. The number of aromatic carboxylic acids is 1. The molecule has 7 heteroatoms. The third-order valence-corrected chi connectivity index (χ3v) is 2.94. The SMILES string of the molecule is CC(C)SCc1ncc(C(=O)O)c(C(F)F)n1. The number of alkyl halides is 2. The number of hydrogen-bond acceptors (Lipinski definition) is 4. The van der Waals surface area contributed by atoms with Crippen LogP contribution in [0.15, 0.2) is 6.20 Å². The number of carboxylic acid groups (broad SMARTS) is 1. The largest absolute Gasteiger partial charge is 0.478 e. The Morgan fingerprint density at radius 3 is 2.65 bits per heavy atom. The van der Waals surface area contributed by atoms with Gasteiger partial charge in [-0.05, 0) is 5.25 Å². The molecule has 0 spiro atoms. The Bertz CT molecular complexity index is 413. The molecule has 0 unspecified atom stereocenters. The van der Waals surface area contributed by atoms with Crippen molar-refractivity contribution >= 4 is 17.7 Å². The summed E-state index contributed by atoms with van der Waals surface area (Å²) in [6.45, 7) is 3.93. The summed E-state index contributed by atoms with van der Waals surface area (Å²) in [7, 11) is 0. The highest BCUT2D eigenvalue weighted by Gasteiger charge is 2.21. The molecule has 0 amide bonds. The first-order valence-electron chi connectivity index (χ1n) is 4.90. The van der Waals surface area contributed by atoms with E-state index in [4.69, 9.17) is 5.11 Å². The molecule has 0 radical (unpaired) electrons. The molecule has 1 rings (SSSR count). The molecule has 0 bridgehead atoms. The summed E-state index contributed by atoms with van der Waals surface area (Å²) < 4.78 is 25.2. The van der Waals surface area contributed by atoms with Gasteiger partial charge in [-0.2, -0.15) is 11.8 Å². The van der Waals surface area contributed by atoms with Crippen molar-refractivity contribution in [3.63, 3.8) is 0 Å². The molecule has 0 aliphatic carbocycles. The predicted molar refractivity (Wildman–Crippen MR) is 60.4 cm³/mol. The van der Waals surface area contributed by atoms with E-state index in [9.17, 15) is 13.6 Å². The van der Waals surface area contributed by atoms with E-state index in [1.54, 1.807) is 0 Å². The van der Waals surface area contributed by atoms with Gasteiger partial charge >= 0.3 is 5.97 Å². The summed E-state index contributed by atoms with van der Waals surface area (Å²) in [6.07, 6.45) is -1.97. The molecule has 1 N–H and O–H groups in total. The fraction of sp³-hybridized carbons (Fsp3) is 0.500. The molecule has 0 saturated carbocycles. The van der Waals surface area contributed by atoms with Gasteiger partial charge in [0.05, 0.1) is 5.75 Å². The lowest BCUT2D eigenvalue weighted by molar-refractivity contribution is 0.0681. The van der Waals surface area contributed by atoms with E-state index >= 15 is 0 Å². The topological polar surface area (TPSA) is 63.1 Å². The van der Waals surface area contributed by atoms with E-state index in [2.05, 4.69) is 9.97 Å². The van der Waals surface area contributed by atoms with Crippen LogP contribution in [0, 0.1) is 0 Å². The van der Waals surface area contributed by atoms with Gasteiger partial charge in [-0.25, -0.2) is 23.5 Å². The summed E-state index contributed by atoms with van der Waals surface area (Å²) >= 11 is 1.50. The number of carboxylic acids is 1. The van der Waals surface area contributed by atoms with Crippen LogP contribution in [0.3, 0.4) is 0 Å². The van der Waals surface area contributed by atoms with Gasteiger partial charge in [0.15, 0.2) is 0 Å². The normalized spacial score (nSPS) is 11.2. The predicted octanol–water partition coefficient (Wildman–Crippen LogP) is 2.75. The van der Waals surface area contributed by atoms with E-state index in [0.717, 1.165) is 6.20 Å². The molecule has 1 aromatic heterocycles. The molecule has 0 atom stereocenters. The lowest BCUT2D eigenvalue weighted by atomic mass is 10.2. The number of rotatable bonds is 5. The summed E-state index contributed by atoms with van der Waals surface area (Å²) in [4.78, 5) is 18.1. The first-order valence-corrected chi connectivity index (χ1v) is 5.95. The zero-order chi connectivity index (χ0) is 13.0. The van der Waals surface area contributed by atoms with Crippen LogP contribution in [0.4, 0.5) is 8.78 Å². The second-order valence-electron chi connectivity index (χ2n) is 3.55. The zero-order valence-electron chi connectivity index (χ0n) is 9.35. The third-order valence-electron chi connectivity index (χ3n) is 1.85. The van der Waals surface area contributed by atoms with Crippen LogP contribution in [0.1, 0.15) is 42.1 Å². The maximum atomic E-state index is 12.6. The smallest absolute Gasteiger partial charge is 0.339 e. The van der Waals surface area contributed by atoms with Gasteiger partial charge in [0.2, 0.25) is 0 Å². The van der Waals surface area contributed by atoms with Crippen molar-refractivity contribution in [1.29, 1.82) is 0 Å². The minimum absolute atomic E-state index is 0.226. The van der Waals surface area contributed by atoms with E-state index < -0.39 is 23.7 Å². The lowest BCUT2D eigenvalue weighted by Gasteiger charge is -2.07. The van der Waals surface area contributed by atoms with Crippen LogP contribution in [-0.4, -0.2) is 26.3 Å². The van der Waals surface area contributed by atoms with E-state index in [0.29, 0.717) is 11.0 Å². The Kier molecular flexibility index (Phi) is 4.80. The highest BCUT2D eigenvalue weighted by Crippen LogP contribution is 2.22. The summed E-state index contributed by atoms with van der Waals surface area (Å²) in [6, 6.07) is 0. The molecule has 0 aliphatic heterocycles. The van der Waals surface area contributed by atoms with Gasteiger partial charge in [-0.3, -0.25) is 0 Å². The summed E-state index contributed by atoms with van der Waals surface area (Å²) in [5.74, 6) is -0.829. The average Bonchev–Trinajstić information content (AvgIpc) is 2.25. The van der Waals surface area contributed by atoms with E-state index in [1.807, 2.05) is 13.8 Å². The molecule has 17 heavy (non-hydrogen) atoms. The quantitative estimate of drug-likeness (QED) is 0.884. The Balaban J connectivity index is 2.97. The summed E-state index contributed by atoms with van der Waals surface area (Å²) in [5, 5.41) is 9.03. The minimum atomic E-state index is -2.91. The molecular formula is C10H12F2N2O2S. The van der Waals surface area contributed by atoms with Gasteiger partial charge in [-0.15, -0.1) is 0 Å². The monoisotopic (exact) mass is 262 g/mol. The van der Waals surface area contributed by atoms with Gasteiger partial charge in [0.25, 0.3) is 6.43 Å². The van der Waals surface area contributed by atoms with Crippen LogP contribution >= 0.6 is 11.8 Å². The standard InChI is InChI=1S/C10H12F2N2O2S/c1-5(2)17-4-7-13-3-6(10(15)16)8(14-7)9(11)12/h3,5,9H,4H2,1-2H3,(H,15,16). The Morgan fingerprint density at radius 1 is 1.53 bits per heavy atom. The van der Waals surface area contributed by atoms with Crippen molar-refractivity contribution in [2.24, 2.45) is 0 Å². The van der Waals surface area contributed by atoms with Gasteiger partial charge in [-0.1, -0.05) is 13.8 Å². The summed E-state index contributed by atoms with van der Waals surface area (Å²) in [5.41, 5.74) is -1.26. The van der Waals surface area contributed by atoms with Crippen molar-refractivity contribution in [3.05, 3.63) is 23.3 Å². The molecule has 1 aromatic rings. The molecular weight excluding hydrogens is 250 g/mol. The number of hydrogen-bond donors (Lipinski definition) is 1. The first-order chi connectivity index (χ1) is 7.91. The number of nitrogens with zero attached hydrogens (tertiary/aromatic N) is 2. The van der Waals surface area contributed by atoms with Crippen molar-refractivity contribution in [2.75, 3.05) is 0 Å². The highest BCUT2D eigenvalue weighted by atomic mass is 32.2. The lowest BCUT2D eigenvalue weighted by Crippen LogP contribution is -2.09. The van der Waals surface area contributed by atoms with Crippen molar-refractivity contribution in [3.8, 4) is 0 Å². The fourth-order valence-corrected chi connectivity index (χ4v) is 1.70. The van der Waals surface area contributed by atoms with Crippen molar-refractivity contribution < 1.29 is 18.7 Å². The maximum absolute atomic E-state index is 12.6. The fourth-order valence-electron chi connectivity index (χ4n) is 1.08. The number of carbonyl (C=O) groups is 1. The molecule has 1 heterocycles. The second kappa shape index (κ2) is 5.90. The van der Waals surface area contributed by atoms with E-state index in [-0.39, 0.29) is 5.82 Å². The van der Waals surface area contributed by atoms with Gasteiger partial charge in [0.1, 0.15) is 17.1 Å². The Labute approximate surface area is 101 Å². The molecule has 4 nitrogen and oxygen atoms in total. The average molecular weight is 262 g/mol. The molecule has 0 saturated heterocycles. The van der Waals surface area contributed by atoms with Gasteiger partial charge < -0.3 is 5.11 Å². The molecule has 94 valence electrons. The van der Waals surface area contributed by atoms with Crippen LogP contribution in [0.2, 0.25) is 0 Å². The van der Waals surface area contributed by atoms with Crippen LogP contribution in [0.5, 0.6) is 0 Å². The zero-order valence-corrected chi connectivity index (χ0v) is 10.2. The number of halogens is 2. The Morgan fingerprint density at radius 2 is 2.18 bits per heavy atom. The second-order valence-corrected chi connectivity index (χ2v) is 5.12.